The molecule has 3 rings (SSSR count). The fraction of sp³-hybridized carbons (Fsp3) is 0.421. The molecule has 1 aliphatic rings. The Hall–Kier alpha value is -2.34. The van der Waals surface area contributed by atoms with Gasteiger partial charge in [-0.25, -0.2) is 4.68 Å². The highest BCUT2D eigenvalue weighted by Gasteiger charge is 2.30. The lowest BCUT2D eigenvalue weighted by Crippen LogP contribution is -2.44. The zero-order chi connectivity index (χ0) is 18.7. The average Bonchev–Trinajstić information content (AvgIpc) is 3.01. The van der Waals surface area contributed by atoms with Crippen LogP contribution < -0.4 is 0 Å². The molecule has 2 heterocycles. The van der Waals surface area contributed by atoms with Gasteiger partial charge < -0.3 is 10.0 Å². The van der Waals surface area contributed by atoms with Crippen molar-refractivity contribution in [3.05, 3.63) is 46.7 Å². The lowest BCUT2D eigenvalue weighted by molar-refractivity contribution is -0.137. The van der Waals surface area contributed by atoms with E-state index in [0.29, 0.717) is 23.6 Å². The van der Waals surface area contributed by atoms with Gasteiger partial charge in [0.05, 0.1) is 28.2 Å². The molecule has 0 radical (unpaired) electrons. The number of amides is 1. The predicted octanol–water partition coefficient (Wildman–Crippen LogP) is 3.69. The molecule has 1 saturated heterocycles. The lowest BCUT2D eigenvalue weighted by atomic mass is 9.97. The number of para-hydroxylation sites is 1. The van der Waals surface area contributed by atoms with Crippen molar-refractivity contribution in [2.75, 3.05) is 6.54 Å². The number of carbonyl (C=O) groups excluding carboxylic acids is 1. The van der Waals surface area contributed by atoms with Crippen molar-refractivity contribution in [1.82, 2.24) is 14.7 Å². The highest BCUT2D eigenvalue weighted by Crippen LogP contribution is 2.26. The second-order valence-electron chi connectivity index (χ2n) is 6.59. The van der Waals surface area contributed by atoms with Gasteiger partial charge in [-0.2, -0.15) is 5.10 Å². The van der Waals surface area contributed by atoms with E-state index in [2.05, 4.69) is 5.10 Å². The quantitative estimate of drug-likeness (QED) is 0.864. The standard InChI is InChI=1S/C19H22ClN3O3/c1-13-15(12-21-23(13)17-8-3-2-7-16(17)20)19(26)22-11-5-4-6-14(22)9-10-18(24)25/h2-3,7-8,12,14H,4-6,9-11H2,1H3,(H,24,25). The predicted molar refractivity (Wildman–Crippen MR) is 98.9 cm³/mol. The van der Waals surface area contributed by atoms with Gasteiger partial charge in [0, 0.05) is 19.0 Å². The summed E-state index contributed by atoms with van der Waals surface area (Å²) >= 11 is 6.25. The molecular formula is C19H22ClN3O3. The van der Waals surface area contributed by atoms with Crippen LogP contribution in [0.2, 0.25) is 5.02 Å². The van der Waals surface area contributed by atoms with Crippen molar-refractivity contribution in [3.63, 3.8) is 0 Å². The van der Waals surface area contributed by atoms with Gasteiger partial charge in [-0.05, 0) is 44.7 Å². The number of nitrogens with zero attached hydrogens (tertiary/aromatic N) is 3. The number of piperidine rings is 1. The summed E-state index contributed by atoms with van der Waals surface area (Å²) in [4.78, 5) is 25.8. The SMILES string of the molecule is Cc1c(C(=O)N2CCCCC2CCC(=O)O)cnn1-c1ccccc1Cl. The molecule has 1 amide bonds. The van der Waals surface area contributed by atoms with Crippen LogP contribution in [0.3, 0.4) is 0 Å². The van der Waals surface area contributed by atoms with Crippen molar-refractivity contribution in [1.29, 1.82) is 0 Å². The van der Waals surface area contributed by atoms with Crippen LogP contribution in [0.1, 0.15) is 48.2 Å². The van der Waals surface area contributed by atoms with Gasteiger partial charge in [0.1, 0.15) is 0 Å². The van der Waals surface area contributed by atoms with E-state index in [1.807, 2.05) is 30.0 Å². The summed E-state index contributed by atoms with van der Waals surface area (Å²) < 4.78 is 1.67. The summed E-state index contributed by atoms with van der Waals surface area (Å²) in [6.07, 6.45) is 4.94. The summed E-state index contributed by atoms with van der Waals surface area (Å²) in [6, 6.07) is 7.32. The van der Waals surface area contributed by atoms with E-state index in [1.54, 1.807) is 16.9 Å². The van der Waals surface area contributed by atoms with E-state index in [9.17, 15) is 9.59 Å². The third-order valence-corrected chi connectivity index (χ3v) is 5.22. The smallest absolute Gasteiger partial charge is 0.303 e. The average molecular weight is 376 g/mol. The maximum atomic E-state index is 13.1. The molecule has 1 aromatic carbocycles. The molecular weight excluding hydrogens is 354 g/mol. The first kappa shape index (κ1) is 18.5. The van der Waals surface area contributed by atoms with E-state index < -0.39 is 5.97 Å². The van der Waals surface area contributed by atoms with Crippen molar-refractivity contribution >= 4 is 23.5 Å². The van der Waals surface area contributed by atoms with Crippen LogP contribution in [0.5, 0.6) is 0 Å². The largest absolute Gasteiger partial charge is 0.481 e. The number of carboxylic acid groups (broad SMARTS) is 1. The summed E-state index contributed by atoms with van der Waals surface area (Å²) in [6.45, 7) is 2.50. The number of hydrogen-bond acceptors (Lipinski definition) is 3. The molecule has 1 atom stereocenters. The van der Waals surface area contributed by atoms with E-state index in [1.165, 1.54) is 0 Å². The van der Waals surface area contributed by atoms with Crippen LogP contribution >= 0.6 is 11.6 Å². The highest BCUT2D eigenvalue weighted by atomic mass is 35.5. The van der Waals surface area contributed by atoms with Gasteiger partial charge in [-0.15, -0.1) is 0 Å². The number of carbonyl (C=O) groups is 2. The molecule has 1 fully saturated rings. The number of halogens is 1. The Bertz CT molecular complexity index is 818. The maximum Gasteiger partial charge on any atom is 0.303 e. The molecule has 26 heavy (non-hydrogen) atoms. The number of carboxylic acids is 1. The Kier molecular flexibility index (Phi) is 5.61. The van der Waals surface area contributed by atoms with Crippen LogP contribution in [0, 0.1) is 6.92 Å². The Morgan fingerprint density at radius 2 is 2.08 bits per heavy atom. The van der Waals surface area contributed by atoms with E-state index in [0.717, 1.165) is 30.6 Å². The number of aromatic nitrogens is 2. The Morgan fingerprint density at radius 1 is 1.31 bits per heavy atom. The number of likely N-dealkylation sites (tertiary alicyclic amines) is 1. The molecule has 1 N–H and O–H groups in total. The van der Waals surface area contributed by atoms with Gasteiger partial charge in [0.25, 0.3) is 5.91 Å². The molecule has 6 nitrogen and oxygen atoms in total. The summed E-state index contributed by atoms with van der Waals surface area (Å²) in [5, 5.41) is 13.9. The Morgan fingerprint density at radius 3 is 2.81 bits per heavy atom. The number of rotatable bonds is 5. The first-order valence-electron chi connectivity index (χ1n) is 8.81. The van der Waals surface area contributed by atoms with Crippen molar-refractivity contribution in [2.45, 2.75) is 45.1 Å². The molecule has 1 aromatic heterocycles. The molecule has 1 aliphatic heterocycles. The van der Waals surface area contributed by atoms with Crippen LogP contribution in [0.15, 0.2) is 30.5 Å². The minimum atomic E-state index is -0.828. The van der Waals surface area contributed by atoms with E-state index in [-0.39, 0.29) is 18.4 Å². The Balaban J connectivity index is 1.85. The van der Waals surface area contributed by atoms with Crippen LogP contribution in [0.25, 0.3) is 5.69 Å². The van der Waals surface area contributed by atoms with Gasteiger partial charge in [0.15, 0.2) is 0 Å². The molecule has 7 heteroatoms. The summed E-state index contributed by atoms with van der Waals surface area (Å²) in [7, 11) is 0. The number of benzene rings is 1. The van der Waals surface area contributed by atoms with Crippen molar-refractivity contribution in [2.24, 2.45) is 0 Å². The third kappa shape index (κ3) is 3.75. The number of aliphatic carboxylic acids is 1. The summed E-state index contributed by atoms with van der Waals surface area (Å²) in [5.74, 6) is -0.915. The van der Waals surface area contributed by atoms with Crippen LogP contribution in [-0.2, 0) is 4.79 Å². The van der Waals surface area contributed by atoms with E-state index in [4.69, 9.17) is 16.7 Å². The molecule has 0 spiro atoms. The van der Waals surface area contributed by atoms with Crippen molar-refractivity contribution in [3.8, 4) is 5.69 Å². The second-order valence-corrected chi connectivity index (χ2v) is 6.99. The second kappa shape index (κ2) is 7.91. The van der Waals surface area contributed by atoms with Crippen LogP contribution in [0.4, 0.5) is 0 Å². The van der Waals surface area contributed by atoms with Gasteiger partial charge in [-0.3, -0.25) is 9.59 Å². The van der Waals surface area contributed by atoms with E-state index >= 15 is 0 Å². The van der Waals surface area contributed by atoms with Crippen molar-refractivity contribution < 1.29 is 14.7 Å². The first-order valence-corrected chi connectivity index (χ1v) is 9.19. The topological polar surface area (TPSA) is 75.4 Å². The highest BCUT2D eigenvalue weighted by molar-refractivity contribution is 6.32. The molecule has 138 valence electrons. The number of hydrogen-bond donors (Lipinski definition) is 1. The molecule has 0 aliphatic carbocycles. The van der Waals surface area contributed by atoms with Crippen LogP contribution in [-0.4, -0.2) is 44.3 Å². The molecule has 0 bridgehead atoms. The molecule has 2 aromatic rings. The third-order valence-electron chi connectivity index (χ3n) is 4.90. The maximum absolute atomic E-state index is 13.1. The summed E-state index contributed by atoms with van der Waals surface area (Å²) in [5.41, 5.74) is 1.99. The van der Waals surface area contributed by atoms with Gasteiger partial charge in [0.2, 0.25) is 0 Å². The normalized spacial score (nSPS) is 17.3. The fourth-order valence-electron chi connectivity index (χ4n) is 3.50. The minimum absolute atomic E-state index is 0.0320. The monoisotopic (exact) mass is 375 g/mol. The lowest BCUT2D eigenvalue weighted by Gasteiger charge is -2.35. The zero-order valence-corrected chi connectivity index (χ0v) is 15.4. The fourth-order valence-corrected chi connectivity index (χ4v) is 3.71. The minimum Gasteiger partial charge on any atom is -0.481 e. The first-order chi connectivity index (χ1) is 12.5. The Labute approximate surface area is 157 Å². The zero-order valence-electron chi connectivity index (χ0n) is 14.7. The molecule has 1 unspecified atom stereocenters. The molecule has 0 saturated carbocycles. The van der Waals surface area contributed by atoms with Gasteiger partial charge >= 0.3 is 5.97 Å². The van der Waals surface area contributed by atoms with Gasteiger partial charge in [-0.1, -0.05) is 23.7 Å².